The number of nitrogens with two attached hydrogens (primary N) is 1. The lowest BCUT2D eigenvalue weighted by molar-refractivity contribution is 0.214. The average Bonchev–Trinajstić information content (AvgIpc) is 2.90. The van der Waals surface area contributed by atoms with Crippen molar-refractivity contribution in [3.05, 3.63) is 29.7 Å². The van der Waals surface area contributed by atoms with E-state index in [1.165, 1.54) is 19.4 Å². The first kappa shape index (κ1) is 12.6. The van der Waals surface area contributed by atoms with Crippen molar-refractivity contribution in [3.8, 4) is 0 Å². The Bertz CT molecular complexity index is 562. The number of likely N-dealkylation sites (N-methyl/N-ethyl adjacent to an activating group) is 1. The van der Waals surface area contributed by atoms with Gasteiger partial charge in [0.05, 0.1) is 0 Å². The first-order chi connectivity index (χ1) is 9.30. The second-order valence-corrected chi connectivity index (χ2v) is 5.25. The molecule has 0 spiro atoms. The van der Waals surface area contributed by atoms with Gasteiger partial charge in [-0.15, -0.1) is 0 Å². The lowest BCUT2D eigenvalue weighted by atomic mass is 9.97. The van der Waals surface area contributed by atoms with Crippen LogP contribution in [0, 0.1) is 0 Å². The number of pyridine rings is 1. The predicted molar refractivity (Wildman–Crippen MR) is 75.0 cm³/mol. The zero-order valence-corrected chi connectivity index (χ0v) is 11.4. The molecule has 2 N–H and O–H groups in total. The van der Waals surface area contributed by atoms with Gasteiger partial charge in [0.1, 0.15) is 0 Å². The summed E-state index contributed by atoms with van der Waals surface area (Å²) in [5, 5.41) is 4.64. The number of piperidine rings is 1. The van der Waals surface area contributed by atoms with Gasteiger partial charge in [-0.3, -0.25) is 0 Å². The van der Waals surface area contributed by atoms with Crippen molar-refractivity contribution in [2.45, 2.75) is 32.2 Å². The summed E-state index contributed by atoms with van der Waals surface area (Å²) < 4.78 is 1.86. The summed E-state index contributed by atoms with van der Waals surface area (Å²) in [5.74, 6) is 1.45. The van der Waals surface area contributed by atoms with E-state index in [0.717, 1.165) is 30.1 Å². The van der Waals surface area contributed by atoms with Crippen LogP contribution < -0.4 is 5.73 Å². The molecule has 2 aromatic heterocycles. The smallest absolute Gasteiger partial charge is 0.156 e. The highest BCUT2D eigenvalue weighted by Gasteiger charge is 2.23. The van der Waals surface area contributed by atoms with Gasteiger partial charge in [-0.25, -0.2) is 9.50 Å². The molecule has 0 aromatic carbocycles. The summed E-state index contributed by atoms with van der Waals surface area (Å²) in [6.07, 6.45) is 4.41. The van der Waals surface area contributed by atoms with Crippen molar-refractivity contribution < 1.29 is 0 Å². The maximum absolute atomic E-state index is 5.66. The summed E-state index contributed by atoms with van der Waals surface area (Å²) in [4.78, 5) is 7.14. The third-order valence-electron chi connectivity index (χ3n) is 3.96. The third kappa shape index (κ3) is 2.48. The zero-order valence-electron chi connectivity index (χ0n) is 11.4. The molecule has 1 unspecified atom stereocenters. The van der Waals surface area contributed by atoms with Crippen LogP contribution in [0.1, 0.15) is 37.1 Å². The second kappa shape index (κ2) is 5.27. The maximum atomic E-state index is 5.66. The number of rotatable bonds is 3. The molecule has 5 heteroatoms. The van der Waals surface area contributed by atoms with Gasteiger partial charge >= 0.3 is 0 Å². The Labute approximate surface area is 113 Å². The number of hydrogen-bond donors (Lipinski definition) is 1. The second-order valence-electron chi connectivity index (χ2n) is 5.25. The summed E-state index contributed by atoms with van der Waals surface area (Å²) in [7, 11) is 0. The van der Waals surface area contributed by atoms with Crippen molar-refractivity contribution >= 4 is 5.65 Å². The first-order valence-corrected chi connectivity index (χ1v) is 7.07. The molecule has 102 valence electrons. The number of aromatic nitrogens is 3. The van der Waals surface area contributed by atoms with Crippen LogP contribution >= 0.6 is 0 Å². The molecule has 1 fully saturated rings. The highest BCUT2D eigenvalue weighted by molar-refractivity contribution is 5.39. The van der Waals surface area contributed by atoms with Gasteiger partial charge < -0.3 is 10.6 Å². The van der Waals surface area contributed by atoms with Gasteiger partial charge in [-0.1, -0.05) is 13.0 Å². The fourth-order valence-corrected chi connectivity index (χ4v) is 2.79. The molecule has 5 nitrogen and oxygen atoms in total. The van der Waals surface area contributed by atoms with Crippen LogP contribution in [0.3, 0.4) is 0 Å². The molecule has 1 saturated heterocycles. The standard InChI is InChI=1S/C14H21N5/c1-2-18-7-3-4-12(10-18)14-16-13-6-5-11(8-15)9-19(13)17-14/h5-6,9,12H,2-4,7-8,10,15H2,1H3. The van der Waals surface area contributed by atoms with Gasteiger partial charge in [0.25, 0.3) is 0 Å². The van der Waals surface area contributed by atoms with E-state index < -0.39 is 0 Å². The van der Waals surface area contributed by atoms with E-state index in [9.17, 15) is 0 Å². The average molecular weight is 259 g/mol. The van der Waals surface area contributed by atoms with Crippen molar-refractivity contribution in [2.75, 3.05) is 19.6 Å². The van der Waals surface area contributed by atoms with E-state index >= 15 is 0 Å². The molecule has 0 amide bonds. The molecule has 0 saturated carbocycles. The van der Waals surface area contributed by atoms with E-state index in [1.807, 2.05) is 22.8 Å². The fraction of sp³-hybridized carbons (Fsp3) is 0.571. The Hall–Kier alpha value is -1.46. The van der Waals surface area contributed by atoms with Crippen molar-refractivity contribution in [3.63, 3.8) is 0 Å². The Balaban J connectivity index is 1.88. The largest absolute Gasteiger partial charge is 0.326 e. The molecule has 0 bridgehead atoms. The van der Waals surface area contributed by atoms with E-state index in [1.54, 1.807) is 0 Å². The molecule has 3 heterocycles. The summed E-state index contributed by atoms with van der Waals surface area (Å²) in [6, 6.07) is 4.02. The molecule has 19 heavy (non-hydrogen) atoms. The highest BCUT2D eigenvalue weighted by atomic mass is 15.3. The van der Waals surface area contributed by atoms with Crippen molar-refractivity contribution in [1.82, 2.24) is 19.5 Å². The minimum Gasteiger partial charge on any atom is -0.326 e. The molecule has 0 radical (unpaired) electrons. The Kier molecular flexibility index (Phi) is 3.48. The van der Waals surface area contributed by atoms with Crippen LogP contribution in [0.25, 0.3) is 5.65 Å². The van der Waals surface area contributed by atoms with Crippen LogP contribution in [0.2, 0.25) is 0 Å². The fourth-order valence-electron chi connectivity index (χ4n) is 2.79. The first-order valence-electron chi connectivity index (χ1n) is 7.07. The minimum absolute atomic E-state index is 0.468. The Morgan fingerprint density at radius 1 is 1.42 bits per heavy atom. The van der Waals surface area contributed by atoms with Crippen LogP contribution in [0.15, 0.2) is 18.3 Å². The van der Waals surface area contributed by atoms with Crippen molar-refractivity contribution in [2.24, 2.45) is 5.73 Å². The van der Waals surface area contributed by atoms with Crippen LogP contribution in [-0.2, 0) is 6.54 Å². The zero-order chi connectivity index (χ0) is 13.2. The lowest BCUT2D eigenvalue weighted by Crippen LogP contribution is -2.34. The van der Waals surface area contributed by atoms with Gasteiger partial charge in [0, 0.05) is 25.2 Å². The topological polar surface area (TPSA) is 59.5 Å². The van der Waals surface area contributed by atoms with Gasteiger partial charge in [0.2, 0.25) is 0 Å². The normalized spacial score (nSPS) is 21.1. The van der Waals surface area contributed by atoms with Crippen molar-refractivity contribution in [1.29, 1.82) is 0 Å². The molecule has 2 aromatic rings. The van der Waals surface area contributed by atoms with E-state index in [2.05, 4.69) is 21.9 Å². The Morgan fingerprint density at radius 3 is 3.11 bits per heavy atom. The number of nitrogens with zero attached hydrogens (tertiary/aromatic N) is 4. The van der Waals surface area contributed by atoms with Gasteiger partial charge in [-0.05, 0) is 37.6 Å². The molecule has 1 aliphatic rings. The van der Waals surface area contributed by atoms with E-state index in [4.69, 9.17) is 5.73 Å². The molecule has 3 rings (SSSR count). The number of hydrogen-bond acceptors (Lipinski definition) is 4. The molecule has 0 aliphatic carbocycles. The third-order valence-corrected chi connectivity index (χ3v) is 3.96. The molecule has 1 atom stereocenters. The van der Waals surface area contributed by atoms with Gasteiger partial charge in [0.15, 0.2) is 11.5 Å². The monoisotopic (exact) mass is 259 g/mol. The van der Waals surface area contributed by atoms with Crippen LogP contribution in [-0.4, -0.2) is 39.1 Å². The SMILES string of the molecule is CCN1CCCC(c2nc3ccc(CN)cn3n2)C1. The quantitative estimate of drug-likeness (QED) is 0.905. The summed E-state index contributed by atoms with van der Waals surface area (Å²) in [6.45, 7) is 6.15. The van der Waals surface area contributed by atoms with Crippen LogP contribution in [0.5, 0.6) is 0 Å². The molecular weight excluding hydrogens is 238 g/mol. The van der Waals surface area contributed by atoms with Gasteiger partial charge in [-0.2, -0.15) is 5.10 Å². The summed E-state index contributed by atoms with van der Waals surface area (Å²) in [5.41, 5.74) is 7.66. The number of likely N-dealkylation sites (tertiary alicyclic amines) is 1. The predicted octanol–water partition coefficient (Wildman–Crippen LogP) is 1.39. The van der Waals surface area contributed by atoms with E-state index in [-0.39, 0.29) is 0 Å². The summed E-state index contributed by atoms with van der Waals surface area (Å²) >= 11 is 0. The number of fused-ring (bicyclic) bond motifs is 1. The maximum Gasteiger partial charge on any atom is 0.156 e. The highest BCUT2D eigenvalue weighted by Crippen LogP contribution is 2.24. The van der Waals surface area contributed by atoms with E-state index in [0.29, 0.717) is 12.5 Å². The molecule has 1 aliphatic heterocycles. The Morgan fingerprint density at radius 2 is 2.32 bits per heavy atom. The van der Waals surface area contributed by atoms with Crippen LogP contribution in [0.4, 0.5) is 0 Å². The molecular formula is C14H21N5. The minimum atomic E-state index is 0.468. The lowest BCUT2D eigenvalue weighted by Gasteiger charge is -2.30.